The number of para-hydroxylation sites is 1. The molecule has 2 amide bonds. The van der Waals surface area contributed by atoms with E-state index in [0.717, 1.165) is 33.3 Å². The molecule has 6 rings (SSSR count). The average Bonchev–Trinajstić information content (AvgIpc) is 3.33. The second-order valence-electron chi connectivity index (χ2n) is 11.0. The highest BCUT2D eigenvalue weighted by Gasteiger charge is 2.56. The molecule has 7 nitrogen and oxygen atoms in total. The van der Waals surface area contributed by atoms with Crippen LogP contribution in [0.25, 0.3) is 10.9 Å². The number of fused-ring (bicyclic) bond motifs is 5. The maximum atomic E-state index is 14.3. The van der Waals surface area contributed by atoms with Crippen molar-refractivity contribution in [2.45, 2.75) is 44.9 Å². The van der Waals surface area contributed by atoms with Crippen molar-refractivity contribution in [1.29, 1.82) is 0 Å². The molecule has 0 radical (unpaired) electrons. The molecular formula is C32H32ClN3O4. The fourth-order valence-corrected chi connectivity index (χ4v) is 6.42. The van der Waals surface area contributed by atoms with Gasteiger partial charge in [0.25, 0.3) is 5.91 Å². The van der Waals surface area contributed by atoms with Crippen LogP contribution in [-0.4, -0.2) is 52.9 Å². The predicted molar refractivity (Wildman–Crippen MR) is 155 cm³/mol. The van der Waals surface area contributed by atoms with Gasteiger partial charge in [-0.3, -0.25) is 9.59 Å². The van der Waals surface area contributed by atoms with Crippen LogP contribution in [0.5, 0.6) is 11.5 Å². The molecule has 0 unspecified atom stereocenters. The molecule has 1 aromatic heterocycles. The van der Waals surface area contributed by atoms with Gasteiger partial charge in [-0.25, -0.2) is 0 Å². The SMILES string of the molecule is COc1cc([C@@H]2CN3C(=O)CN(Cc4cccc(Cl)c4)C(=O)[C@]3(C)c3[nH]c4ccccc4c32)ccc1OC(C)C. The maximum Gasteiger partial charge on any atom is 0.255 e. The third kappa shape index (κ3) is 4.20. The highest BCUT2D eigenvalue weighted by Crippen LogP contribution is 2.49. The number of piperazine rings is 1. The molecule has 0 spiro atoms. The van der Waals surface area contributed by atoms with E-state index in [9.17, 15) is 9.59 Å². The Labute approximate surface area is 238 Å². The number of carbonyl (C=O) groups is 2. The molecule has 1 N–H and O–H groups in total. The van der Waals surface area contributed by atoms with Crippen molar-refractivity contribution in [1.82, 2.24) is 14.8 Å². The molecular weight excluding hydrogens is 526 g/mol. The van der Waals surface area contributed by atoms with E-state index in [0.29, 0.717) is 29.6 Å². The van der Waals surface area contributed by atoms with Gasteiger partial charge < -0.3 is 24.3 Å². The number of hydrogen-bond donors (Lipinski definition) is 1. The average molecular weight is 558 g/mol. The van der Waals surface area contributed by atoms with E-state index in [1.165, 1.54) is 0 Å². The van der Waals surface area contributed by atoms with Gasteiger partial charge in [-0.1, -0.05) is 48.0 Å². The summed E-state index contributed by atoms with van der Waals surface area (Å²) >= 11 is 6.21. The van der Waals surface area contributed by atoms with Gasteiger partial charge in [0, 0.05) is 34.9 Å². The molecule has 206 valence electrons. The number of ether oxygens (including phenoxy) is 2. The quantitative estimate of drug-likeness (QED) is 0.323. The predicted octanol–water partition coefficient (Wildman–Crippen LogP) is 5.85. The van der Waals surface area contributed by atoms with Gasteiger partial charge in [-0.2, -0.15) is 0 Å². The second-order valence-corrected chi connectivity index (χ2v) is 11.4. The number of methoxy groups -OCH3 is 1. The Bertz CT molecular complexity index is 1630. The van der Waals surface area contributed by atoms with Gasteiger partial charge in [-0.05, 0) is 67.8 Å². The number of hydrogen-bond acceptors (Lipinski definition) is 4. The van der Waals surface area contributed by atoms with Crippen LogP contribution in [0.3, 0.4) is 0 Å². The Balaban J connectivity index is 1.48. The number of amides is 2. The minimum Gasteiger partial charge on any atom is -0.493 e. The first-order valence-corrected chi connectivity index (χ1v) is 13.9. The number of benzene rings is 3. The number of aromatic amines is 1. The first-order chi connectivity index (χ1) is 19.2. The normalized spacial score (nSPS) is 20.6. The largest absolute Gasteiger partial charge is 0.493 e. The molecule has 3 heterocycles. The molecule has 0 saturated carbocycles. The summed E-state index contributed by atoms with van der Waals surface area (Å²) in [6.45, 7) is 6.50. The van der Waals surface area contributed by atoms with Crippen LogP contribution in [0, 0.1) is 0 Å². The smallest absolute Gasteiger partial charge is 0.255 e. The van der Waals surface area contributed by atoms with Gasteiger partial charge in [0.1, 0.15) is 6.54 Å². The fraction of sp³-hybridized carbons (Fsp3) is 0.312. The molecule has 1 fully saturated rings. The Kier molecular flexibility index (Phi) is 6.50. The lowest BCUT2D eigenvalue weighted by Gasteiger charge is -2.51. The molecule has 8 heteroatoms. The van der Waals surface area contributed by atoms with Crippen LogP contribution in [0.1, 0.15) is 49.1 Å². The Morgan fingerprint density at radius 2 is 1.85 bits per heavy atom. The Morgan fingerprint density at radius 1 is 1.05 bits per heavy atom. The first-order valence-electron chi connectivity index (χ1n) is 13.5. The molecule has 2 aliphatic rings. The summed E-state index contributed by atoms with van der Waals surface area (Å²) in [7, 11) is 1.63. The summed E-state index contributed by atoms with van der Waals surface area (Å²) < 4.78 is 11.6. The van der Waals surface area contributed by atoms with E-state index >= 15 is 0 Å². The lowest BCUT2D eigenvalue weighted by Crippen LogP contribution is -2.67. The van der Waals surface area contributed by atoms with Gasteiger partial charge in [-0.15, -0.1) is 0 Å². The van der Waals surface area contributed by atoms with Crippen LogP contribution in [0.4, 0.5) is 0 Å². The highest BCUT2D eigenvalue weighted by molar-refractivity contribution is 6.30. The standard InChI is InChI=1S/C32H32ClN3O4/c1-19(2)40-26-13-12-21(15-27(26)39-4)24-17-36-28(37)18-35(16-20-8-7-9-22(33)14-20)31(38)32(36,3)30-29(24)23-10-5-6-11-25(23)34-30/h5-15,19,24,34H,16-18H2,1-4H3/t24-,32-/m0/s1. The van der Waals surface area contributed by atoms with Crippen LogP contribution in [-0.2, 0) is 21.7 Å². The summed E-state index contributed by atoms with van der Waals surface area (Å²) in [4.78, 5) is 35.0. The van der Waals surface area contributed by atoms with E-state index in [1.54, 1.807) is 23.0 Å². The molecule has 40 heavy (non-hydrogen) atoms. The van der Waals surface area contributed by atoms with E-state index < -0.39 is 5.54 Å². The van der Waals surface area contributed by atoms with Crippen LogP contribution >= 0.6 is 11.6 Å². The fourth-order valence-electron chi connectivity index (χ4n) is 6.21. The van der Waals surface area contributed by atoms with Crippen molar-refractivity contribution in [2.24, 2.45) is 0 Å². The number of carbonyl (C=O) groups excluding carboxylic acids is 2. The zero-order valence-electron chi connectivity index (χ0n) is 23.0. The molecule has 3 aromatic carbocycles. The summed E-state index contributed by atoms with van der Waals surface area (Å²) in [5.74, 6) is 0.927. The third-order valence-electron chi connectivity index (χ3n) is 8.03. The number of nitrogens with one attached hydrogen (secondary N) is 1. The number of nitrogens with zero attached hydrogens (tertiary/aromatic N) is 2. The summed E-state index contributed by atoms with van der Waals surface area (Å²) in [5.41, 5.74) is 3.40. The van der Waals surface area contributed by atoms with Crippen molar-refractivity contribution < 1.29 is 19.1 Å². The summed E-state index contributed by atoms with van der Waals surface area (Å²) in [5, 5.41) is 1.64. The third-order valence-corrected chi connectivity index (χ3v) is 8.27. The number of aromatic nitrogens is 1. The Hall–Kier alpha value is -3.97. The molecule has 0 aliphatic carbocycles. The second kappa shape index (κ2) is 9.89. The van der Waals surface area contributed by atoms with Gasteiger partial charge in [0.15, 0.2) is 17.0 Å². The van der Waals surface area contributed by atoms with Crippen molar-refractivity contribution in [2.75, 3.05) is 20.2 Å². The number of halogens is 1. The number of H-pyrrole nitrogens is 1. The molecule has 2 atom stereocenters. The lowest BCUT2D eigenvalue weighted by molar-refractivity contribution is -0.166. The monoisotopic (exact) mass is 557 g/mol. The maximum absolute atomic E-state index is 14.3. The van der Waals surface area contributed by atoms with Crippen molar-refractivity contribution in [3.05, 3.63) is 94.1 Å². The zero-order valence-corrected chi connectivity index (χ0v) is 23.8. The first kappa shape index (κ1) is 26.3. The van der Waals surface area contributed by atoms with Crippen molar-refractivity contribution in [3.8, 4) is 11.5 Å². The van der Waals surface area contributed by atoms with E-state index in [1.807, 2.05) is 75.4 Å². The summed E-state index contributed by atoms with van der Waals surface area (Å²) in [6, 6.07) is 21.4. The highest BCUT2D eigenvalue weighted by atomic mass is 35.5. The molecule has 4 aromatic rings. The van der Waals surface area contributed by atoms with Crippen LogP contribution in [0.15, 0.2) is 66.7 Å². The van der Waals surface area contributed by atoms with Crippen LogP contribution in [0.2, 0.25) is 5.02 Å². The van der Waals surface area contributed by atoms with Gasteiger partial charge in [0.05, 0.1) is 18.9 Å². The van der Waals surface area contributed by atoms with Crippen molar-refractivity contribution in [3.63, 3.8) is 0 Å². The molecule has 1 saturated heterocycles. The zero-order chi connectivity index (χ0) is 28.2. The van der Waals surface area contributed by atoms with Crippen LogP contribution < -0.4 is 9.47 Å². The molecule has 0 bridgehead atoms. The topological polar surface area (TPSA) is 74.9 Å². The molecule has 2 aliphatic heterocycles. The minimum atomic E-state index is -1.18. The minimum absolute atomic E-state index is 0.00204. The summed E-state index contributed by atoms with van der Waals surface area (Å²) in [6.07, 6.45) is 0.00204. The number of rotatable bonds is 6. The van der Waals surface area contributed by atoms with E-state index in [4.69, 9.17) is 21.1 Å². The lowest BCUT2D eigenvalue weighted by atomic mass is 9.76. The van der Waals surface area contributed by atoms with Crippen molar-refractivity contribution >= 4 is 34.3 Å². The van der Waals surface area contributed by atoms with Gasteiger partial charge >= 0.3 is 0 Å². The van der Waals surface area contributed by atoms with E-state index in [2.05, 4.69) is 11.1 Å². The van der Waals surface area contributed by atoms with E-state index in [-0.39, 0.29) is 30.4 Å². The van der Waals surface area contributed by atoms with Gasteiger partial charge in [0.2, 0.25) is 5.91 Å². The Morgan fingerprint density at radius 3 is 2.60 bits per heavy atom.